The second-order valence-electron chi connectivity index (χ2n) is 5.41. The van der Waals surface area contributed by atoms with Gasteiger partial charge in [-0.05, 0) is 25.8 Å². The van der Waals surface area contributed by atoms with Crippen LogP contribution in [0.1, 0.15) is 27.7 Å². The average molecular weight is 266 g/mol. The van der Waals surface area contributed by atoms with Gasteiger partial charge in [0.05, 0.1) is 18.8 Å². The average Bonchev–Trinajstić information content (AvgIpc) is 2.26. The Morgan fingerprint density at radius 2 is 1.84 bits per heavy atom. The molecule has 0 saturated carbocycles. The van der Waals surface area contributed by atoms with Gasteiger partial charge in [0.2, 0.25) is 0 Å². The highest BCUT2D eigenvalue weighted by atomic mass is 16.5. The molecule has 0 aromatic heterocycles. The predicted octanol–water partition coefficient (Wildman–Crippen LogP) is 3.14. The Bertz CT molecular complexity index is 392. The van der Waals surface area contributed by atoms with Crippen LogP contribution in [0.4, 0.5) is 11.4 Å². The Morgan fingerprint density at radius 1 is 1.16 bits per heavy atom. The maximum atomic E-state index is 5.91. The third-order valence-electron chi connectivity index (χ3n) is 2.80. The fourth-order valence-corrected chi connectivity index (χ4v) is 1.84. The van der Waals surface area contributed by atoms with Gasteiger partial charge < -0.3 is 20.5 Å². The van der Waals surface area contributed by atoms with E-state index in [1.807, 2.05) is 32.0 Å². The van der Waals surface area contributed by atoms with Gasteiger partial charge >= 0.3 is 0 Å². The number of nitrogen functional groups attached to an aromatic ring is 1. The topological polar surface area (TPSA) is 56.5 Å². The lowest BCUT2D eigenvalue weighted by molar-refractivity contribution is 0.171. The van der Waals surface area contributed by atoms with Crippen LogP contribution in [0.15, 0.2) is 18.2 Å². The number of methoxy groups -OCH3 is 1. The van der Waals surface area contributed by atoms with Crippen molar-refractivity contribution in [1.82, 2.24) is 0 Å². The number of benzene rings is 1. The lowest BCUT2D eigenvalue weighted by Gasteiger charge is -2.23. The zero-order chi connectivity index (χ0) is 14.4. The first-order valence-corrected chi connectivity index (χ1v) is 6.75. The van der Waals surface area contributed by atoms with E-state index in [4.69, 9.17) is 15.2 Å². The molecule has 108 valence electrons. The Kier molecular flexibility index (Phi) is 5.96. The first kappa shape index (κ1) is 15.6. The van der Waals surface area contributed by atoms with Crippen molar-refractivity contribution in [3.63, 3.8) is 0 Å². The second kappa shape index (κ2) is 7.24. The first-order valence-electron chi connectivity index (χ1n) is 6.75. The molecule has 3 N–H and O–H groups in total. The molecule has 0 aliphatic rings. The monoisotopic (exact) mass is 266 g/mol. The van der Waals surface area contributed by atoms with Gasteiger partial charge in [-0.25, -0.2) is 0 Å². The van der Waals surface area contributed by atoms with Gasteiger partial charge in [-0.1, -0.05) is 13.8 Å². The van der Waals surface area contributed by atoms with Gasteiger partial charge in [0.15, 0.2) is 0 Å². The Balaban J connectivity index is 2.84. The summed E-state index contributed by atoms with van der Waals surface area (Å²) >= 11 is 0. The summed E-state index contributed by atoms with van der Waals surface area (Å²) in [7, 11) is 1.71. The molecule has 4 heteroatoms. The summed E-state index contributed by atoms with van der Waals surface area (Å²) in [6, 6.07) is 5.98. The van der Waals surface area contributed by atoms with E-state index in [0.717, 1.165) is 11.4 Å². The molecule has 0 spiro atoms. The molecule has 4 nitrogen and oxygen atoms in total. The molecule has 1 aromatic carbocycles. The molecule has 0 fully saturated rings. The normalized spacial score (nSPS) is 12.8. The van der Waals surface area contributed by atoms with Gasteiger partial charge in [-0.3, -0.25) is 0 Å². The molecule has 1 unspecified atom stereocenters. The van der Waals surface area contributed by atoms with Gasteiger partial charge in [0.1, 0.15) is 5.75 Å². The summed E-state index contributed by atoms with van der Waals surface area (Å²) in [6.45, 7) is 8.98. The maximum Gasteiger partial charge on any atom is 0.123 e. The Labute approximate surface area is 116 Å². The van der Waals surface area contributed by atoms with Crippen molar-refractivity contribution in [3.05, 3.63) is 18.2 Å². The van der Waals surface area contributed by atoms with E-state index in [2.05, 4.69) is 19.2 Å². The molecule has 1 rings (SSSR count). The van der Waals surface area contributed by atoms with Crippen LogP contribution in [-0.4, -0.2) is 25.9 Å². The minimum Gasteiger partial charge on any atom is -0.491 e. The number of rotatable bonds is 7. The van der Waals surface area contributed by atoms with Gasteiger partial charge in [-0.2, -0.15) is 0 Å². The molecule has 0 amide bonds. The molecular weight excluding hydrogens is 240 g/mol. The number of hydrogen-bond donors (Lipinski definition) is 2. The second-order valence-corrected chi connectivity index (χ2v) is 5.41. The molecule has 19 heavy (non-hydrogen) atoms. The van der Waals surface area contributed by atoms with Crippen molar-refractivity contribution in [2.24, 2.45) is 5.92 Å². The van der Waals surface area contributed by atoms with Crippen LogP contribution >= 0.6 is 0 Å². The maximum absolute atomic E-state index is 5.91. The zero-order valence-corrected chi connectivity index (χ0v) is 12.6. The third kappa shape index (κ3) is 5.39. The van der Waals surface area contributed by atoms with Crippen molar-refractivity contribution in [2.45, 2.75) is 39.8 Å². The van der Waals surface area contributed by atoms with E-state index in [0.29, 0.717) is 18.2 Å². The van der Waals surface area contributed by atoms with Crippen LogP contribution < -0.4 is 15.8 Å². The van der Waals surface area contributed by atoms with E-state index in [1.54, 1.807) is 7.11 Å². The predicted molar refractivity (Wildman–Crippen MR) is 80.7 cm³/mol. The largest absolute Gasteiger partial charge is 0.491 e. The molecule has 0 heterocycles. The molecular formula is C15H26N2O2. The molecule has 0 radical (unpaired) electrons. The molecule has 0 saturated heterocycles. The Morgan fingerprint density at radius 3 is 2.37 bits per heavy atom. The molecule has 0 aliphatic heterocycles. The minimum absolute atomic E-state index is 0.134. The number of ether oxygens (including phenoxy) is 2. The highest BCUT2D eigenvalue weighted by molar-refractivity contribution is 5.59. The fourth-order valence-electron chi connectivity index (χ4n) is 1.84. The van der Waals surface area contributed by atoms with Gasteiger partial charge in [0, 0.05) is 30.6 Å². The first-order chi connectivity index (χ1) is 8.92. The van der Waals surface area contributed by atoms with Crippen molar-refractivity contribution in [2.75, 3.05) is 24.8 Å². The number of nitrogens with two attached hydrogens (primary N) is 1. The number of hydrogen-bond acceptors (Lipinski definition) is 4. The highest BCUT2D eigenvalue weighted by Gasteiger charge is 2.13. The summed E-state index contributed by atoms with van der Waals surface area (Å²) in [5, 5.41) is 3.45. The van der Waals surface area contributed by atoms with Crippen molar-refractivity contribution < 1.29 is 9.47 Å². The lowest BCUT2D eigenvalue weighted by Crippen LogP contribution is -2.30. The highest BCUT2D eigenvalue weighted by Crippen LogP contribution is 2.25. The van der Waals surface area contributed by atoms with Crippen LogP contribution in [0.25, 0.3) is 0 Å². The summed E-state index contributed by atoms with van der Waals surface area (Å²) in [6.07, 6.45) is 0.134. The molecule has 1 atom stereocenters. The van der Waals surface area contributed by atoms with Crippen LogP contribution in [-0.2, 0) is 4.74 Å². The summed E-state index contributed by atoms with van der Waals surface area (Å²) < 4.78 is 10.9. The SMILES string of the molecule is COCC(Nc1cc(N)cc(OC(C)C)c1)C(C)C. The van der Waals surface area contributed by atoms with E-state index < -0.39 is 0 Å². The van der Waals surface area contributed by atoms with Crippen molar-refractivity contribution in [1.29, 1.82) is 0 Å². The van der Waals surface area contributed by atoms with Gasteiger partial charge in [0.25, 0.3) is 0 Å². The summed E-state index contributed by atoms with van der Waals surface area (Å²) in [4.78, 5) is 0. The zero-order valence-electron chi connectivity index (χ0n) is 12.6. The fraction of sp³-hybridized carbons (Fsp3) is 0.600. The quantitative estimate of drug-likeness (QED) is 0.744. The van der Waals surface area contributed by atoms with Gasteiger partial charge in [-0.15, -0.1) is 0 Å². The summed E-state index contributed by atoms with van der Waals surface area (Å²) in [5.74, 6) is 1.26. The van der Waals surface area contributed by atoms with E-state index in [-0.39, 0.29) is 12.1 Å². The smallest absolute Gasteiger partial charge is 0.123 e. The molecule has 0 aliphatic carbocycles. The molecule has 0 bridgehead atoms. The number of anilines is 2. The van der Waals surface area contributed by atoms with Crippen LogP contribution in [0.3, 0.4) is 0 Å². The minimum atomic E-state index is 0.134. The van der Waals surface area contributed by atoms with Crippen LogP contribution in [0, 0.1) is 5.92 Å². The lowest BCUT2D eigenvalue weighted by atomic mass is 10.0. The summed E-state index contributed by atoms with van der Waals surface area (Å²) in [5.41, 5.74) is 7.57. The van der Waals surface area contributed by atoms with Crippen LogP contribution in [0.2, 0.25) is 0 Å². The van der Waals surface area contributed by atoms with E-state index in [1.165, 1.54) is 0 Å². The van der Waals surface area contributed by atoms with Crippen LogP contribution in [0.5, 0.6) is 5.75 Å². The molecule has 1 aromatic rings. The van der Waals surface area contributed by atoms with E-state index >= 15 is 0 Å². The third-order valence-corrected chi connectivity index (χ3v) is 2.80. The van der Waals surface area contributed by atoms with Crippen molar-refractivity contribution >= 4 is 11.4 Å². The standard InChI is InChI=1S/C15H26N2O2/c1-10(2)15(9-18-5)17-13-6-12(16)7-14(8-13)19-11(3)4/h6-8,10-11,15,17H,9,16H2,1-5H3. The Hall–Kier alpha value is -1.42. The van der Waals surface area contributed by atoms with Crippen molar-refractivity contribution in [3.8, 4) is 5.75 Å². The number of nitrogens with one attached hydrogen (secondary N) is 1. The van der Waals surface area contributed by atoms with E-state index in [9.17, 15) is 0 Å².